The standard InChI is InChI=1S/C22H19N2OS.C5H5.Fe/c25-21(17-10-4-5-11-17)14-20-18-12-6-7-13-19(18)23-22(26)24(20)15-16-8-2-1-3-9-16;1-2-4-5-3-1;/h1-13,20H,14-15H2,(H,23,26);1-5H;/q;;+2. The summed E-state index contributed by atoms with van der Waals surface area (Å²) in [7, 11) is 0. The van der Waals surface area contributed by atoms with E-state index >= 15 is 0 Å². The predicted octanol–water partition coefficient (Wildman–Crippen LogP) is 5.32. The SMILES string of the molecule is O=C(CC1c2ccccc2NC(=S)N1Cc1ccccc1)[C]1[CH][CH][CH][CH]1.[CH]1[CH][CH][CH][CH]1.[Fe+2]. The van der Waals surface area contributed by atoms with Crippen LogP contribution in [0.25, 0.3) is 0 Å². The van der Waals surface area contributed by atoms with E-state index in [9.17, 15) is 4.79 Å². The van der Waals surface area contributed by atoms with Gasteiger partial charge in [-0.1, -0.05) is 48.5 Å². The first kappa shape index (κ1) is 25.0. The summed E-state index contributed by atoms with van der Waals surface area (Å²) in [5.41, 5.74) is 3.26. The van der Waals surface area contributed by atoms with Gasteiger partial charge in [0.05, 0.1) is 6.04 Å². The van der Waals surface area contributed by atoms with Crippen molar-refractivity contribution >= 4 is 28.8 Å². The summed E-state index contributed by atoms with van der Waals surface area (Å²) in [6.07, 6.45) is 17.9. The Labute approximate surface area is 208 Å². The molecular weight excluding hydrogens is 456 g/mol. The molecule has 0 aromatic heterocycles. The number of nitrogens with zero attached hydrogens (tertiary/aromatic N) is 1. The molecular formula is C27H24FeN2OS+2. The number of hydrogen-bond donors (Lipinski definition) is 1. The second-order valence-electron chi connectivity index (χ2n) is 7.41. The number of hydrogen-bond acceptors (Lipinski definition) is 2. The van der Waals surface area contributed by atoms with Crippen LogP contribution in [0.5, 0.6) is 0 Å². The first-order valence-electron chi connectivity index (χ1n) is 10.3. The minimum Gasteiger partial charge on any atom is -0.337 e. The van der Waals surface area contributed by atoms with Gasteiger partial charge in [-0.05, 0) is 87.2 Å². The molecule has 0 saturated heterocycles. The number of thiocarbonyl (C=S) groups is 1. The maximum absolute atomic E-state index is 12.8. The smallest absolute Gasteiger partial charge is 0.337 e. The quantitative estimate of drug-likeness (QED) is 0.464. The number of benzene rings is 2. The van der Waals surface area contributed by atoms with Gasteiger partial charge >= 0.3 is 17.1 Å². The maximum Gasteiger partial charge on any atom is 2.00 e. The molecule has 0 spiro atoms. The molecule has 2 aromatic carbocycles. The zero-order chi connectivity index (χ0) is 21.5. The Morgan fingerprint density at radius 2 is 1.44 bits per heavy atom. The van der Waals surface area contributed by atoms with Crippen LogP contribution < -0.4 is 5.32 Å². The fourth-order valence-electron chi connectivity index (χ4n) is 3.75. The Balaban J connectivity index is 0.000000427. The minimum absolute atomic E-state index is 0. The average Bonchev–Trinajstić information content (AvgIpc) is 3.54. The maximum atomic E-state index is 12.8. The molecule has 2 saturated carbocycles. The summed E-state index contributed by atoms with van der Waals surface area (Å²) < 4.78 is 0. The molecule has 5 heteroatoms. The van der Waals surface area contributed by atoms with Crippen molar-refractivity contribution in [1.29, 1.82) is 0 Å². The van der Waals surface area contributed by atoms with Gasteiger partial charge in [-0.3, -0.25) is 4.79 Å². The molecule has 2 aromatic rings. The molecule has 1 unspecified atom stereocenters. The Hall–Kier alpha value is -1.68. The largest absolute Gasteiger partial charge is 2.00 e. The van der Waals surface area contributed by atoms with E-state index in [0.717, 1.165) is 17.2 Å². The van der Waals surface area contributed by atoms with Crippen molar-refractivity contribution in [1.82, 2.24) is 4.90 Å². The van der Waals surface area contributed by atoms with E-state index in [1.165, 1.54) is 5.56 Å². The molecule has 2 aliphatic carbocycles. The first-order chi connectivity index (χ1) is 15.2. The summed E-state index contributed by atoms with van der Waals surface area (Å²) in [6.45, 7) is 0.667. The third-order valence-corrected chi connectivity index (χ3v) is 5.65. The fraction of sp³-hybridized carbons (Fsp3) is 0.111. The van der Waals surface area contributed by atoms with E-state index in [-0.39, 0.29) is 28.9 Å². The molecule has 3 aliphatic rings. The fourth-order valence-corrected chi connectivity index (χ4v) is 4.06. The summed E-state index contributed by atoms with van der Waals surface area (Å²) in [5.74, 6) is 0.893. The van der Waals surface area contributed by atoms with E-state index in [4.69, 9.17) is 12.2 Å². The number of rotatable bonds is 5. The van der Waals surface area contributed by atoms with Crippen LogP contribution >= 0.6 is 12.2 Å². The van der Waals surface area contributed by atoms with E-state index in [1.54, 1.807) is 0 Å². The van der Waals surface area contributed by atoms with Crippen molar-refractivity contribution in [3.8, 4) is 0 Å². The Morgan fingerprint density at radius 1 is 0.844 bits per heavy atom. The number of carbonyl (C=O) groups excluding carboxylic acids is 1. The molecule has 1 heterocycles. The molecule has 32 heavy (non-hydrogen) atoms. The van der Waals surface area contributed by atoms with Gasteiger partial charge in [0.2, 0.25) is 0 Å². The molecule has 0 bridgehead atoms. The van der Waals surface area contributed by atoms with Gasteiger partial charge in [-0.2, -0.15) is 0 Å². The van der Waals surface area contributed by atoms with Crippen molar-refractivity contribution in [3.63, 3.8) is 0 Å². The Bertz CT molecular complexity index is 871. The van der Waals surface area contributed by atoms with Crippen LogP contribution in [-0.2, 0) is 28.4 Å². The number of para-hydroxylation sites is 1. The first-order valence-corrected chi connectivity index (χ1v) is 10.8. The van der Waals surface area contributed by atoms with Crippen LogP contribution in [0.2, 0.25) is 0 Å². The zero-order valence-corrected chi connectivity index (χ0v) is 19.4. The van der Waals surface area contributed by atoms with Gasteiger partial charge in [0.1, 0.15) is 5.78 Å². The van der Waals surface area contributed by atoms with Crippen LogP contribution in [0.15, 0.2) is 54.6 Å². The van der Waals surface area contributed by atoms with Gasteiger partial charge < -0.3 is 10.2 Å². The third-order valence-electron chi connectivity index (χ3n) is 5.31. The number of ketones is 1. The molecule has 2 fully saturated rings. The second-order valence-corrected chi connectivity index (χ2v) is 7.80. The number of fused-ring (bicyclic) bond motifs is 1. The number of Topliss-reactive ketones (excluding diaryl/α,β-unsaturated/α-hetero) is 1. The van der Waals surface area contributed by atoms with Gasteiger partial charge in [0.25, 0.3) is 0 Å². The van der Waals surface area contributed by atoms with E-state index < -0.39 is 0 Å². The minimum atomic E-state index is -0.0810. The Morgan fingerprint density at radius 3 is 2.09 bits per heavy atom. The molecule has 0 amide bonds. The van der Waals surface area contributed by atoms with Gasteiger partial charge in [-0.15, -0.1) is 0 Å². The third kappa shape index (κ3) is 6.43. The number of anilines is 1. The van der Waals surface area contributed by atoms with Crippen molar-refractivity contribution in [2.45, 2.75) is 19.0 Å². The molecule has 1 atom stereocenters. The van der Waals surface area contributed by atoms with E-state index in [1.807, 2.05) is 94.2 Å². The van der Waals surface area contributed by atoms with E-state index in [0.29, 0.717) is 18.1 Å². The van der Waals surface area contributed by atoms with Crippen molar-refractivity contribution in [3.05, 3.63) is 129 Å². The number of carbonyl (C=O) groups is 1. The van der Waals surface area contributed by atoms with Crippen LogP contribution in [0.4, 0.5) is 5.69 Å². The molecule has 3 nitrogen and oxygen atoms in total. The molecule has 1 N–H and O–H groups in total. The monoisotopic (exact) mass is 480 g/mol. The molecule has 1 aliphatic heterocycles. The normalized spacial score (nSPS) is 19.9. The number of nitrogens with one attached hydrogen (secondary N) is 1. The summed E-state index contributed by atoms with van der Waals surface area (Å²) in [5, 5.41) is 3.97. The van der Waals surface area contributed by atoms with Crippen LogP contribution in [0.3, 0.4) is 0 Å². The molecule has 5 rings (SSSR count). The zero-order valence-electron chi connectivity index (χ0n) is 17.5. The van der Waals surface area contributed by atoms with Gasteiger partial charge in [0.15, 0.2) is 5.11 Å². The molecule has 160 valence electrons. The topological polar surface area (TPSA) is 32.3 Å². The van der Waals surface area contributed by atoms with Crippen molar-refractivity contribution in [2.24, 2.45) is 0 Å². The summed E-state index contributed by atoms with van der Waals surface area (Å²) >= 11 is 5.64. The predicted molar refractivity (Wildman–Crippen MR) is 129 cm³/mol. The second kappa shape index (κ2) is 12.5. The molecule has 10 radical (unpaired) electrons. The van der Waals surface area contributed by atoms with Crippen molar-refractivity contribution in [2.75, 3.05) is 5.32 Å². The van der Waals surface area contributed by atoms with Crippen LogP contribution in [-0.4, -0.2) is 15.8 Å². The van der Waals surface area contributed by atoms with Crippen LogP contribution in [0.1, 0.15) is 23.6 Å². The van der Waals surface area contributed by atoms with E-state index in [2.05, 4.69) is 28.4 Å². The average molecular weight is 480 g/mol. The van der Waals surface area contributed by atoms with Gasteiger partial charge in [0, 0.05) is 24.6 Å². The van der Waals surface area contributed by atoms with Crippen molar-refractivity contribution < 1.29 is 21.9 Å². The summed E-state index contributed by atoms with van der Waals surface area (Å²) in [6, 6.07) is 18.2. The van der Waals surface area contributed by atoms with Gasteiger partial charge in [-0.25, -0.2) is 0 Å². The van der Waals surface area contributed by atoms with Crippen LogP contribution in [0, 0.1) is 63.7 Å². The Kier molecular flexibility index (Phi) is 9.77. The summed E-state index contributed by atoms with van der Waals surface area (Å²) in [4.78, 5) is 14.9.